The predicted molar refractivity (Wildman–Crippen MR) is 130 cm³/mol. The molecule has 0 spiro atoms. The average molecular weight is 455 g/mol. The second-order valence-electron chi connectivity index (χ2n) is 8.20. The van der Waals surface area contributed by atoms with Crippen LogP contribution in [0.1, 0.15) is 39.4 Å². The van der Waals surface area contributed by atoms with Crippen LogP contribution in [0.5, 0.6) is 0 Å². The Kier molecular flexibility index (Phi) is 7.96. The molecule has 0 aliphatic heterocycles. The van der Waals surface area contributed by atoms with E-state index in [0.29, 0.717) is 13.2 Å². The van der Waals surface area contributed by atoms with Crippen LogP contribution in [0.2, 0.25) is 0 Å². The van der Waals surface area contributed by atoms with Gasteiger partial charge in [0.1, 0.15) is 15.6 Å². The number of hydrogen-bond acceptors (Lipinski definition) is 5. The highest BCUT2D eigenvalue weighted by atomic mass is 32.2. The first-order valence-electron chi connectivity index (χ1n) is 11.0. The zero-order valence-electron chi connectivity index (χ0n) is 19.2. The Balaban J connectivity index is 1.48. The van der Waals surface area contributed by atoms with E-state index < -0.39 is 4.75 Å². The van der Waals surface area contributed by atoms with Gasteiger partial charge in [0.25, 0.3) is 5.82 Å². The molecule has 6 nitrogen and oxygen atoms in total. The Morgan fingerprint density at radius 3 is 2.56 bits per heavy atom. The van der Waals surface area contributed by atoms with Crippen LogP contribution in [0.4, 0.5) is 5.69 Å². The summed E-state index contributed by atoms with van der Waals surface area (Å²) in [6.45, 7) is 9.41. The monoisotopic (exact) mass is 454 g/mol. The summed E-state index contributed by atoms with van der Waals surface area (Å²) in [5, 5.41) is 4.15. The molecule has 0 aliphatic carbocycles. The maximum atomic E-state index is 12.7. The SMILES string of the molecule is CCOC(=O)C(C)(C)Sc1ccc(NCCCCn2c(C)[nH+]c3ccccc3c2=O)cc1. The molecule has 2 N–H and O–H groups in total. The molecule has 1 heterocycles. The van der Waals surface area contributed by atoms with Crippen molar-refractivity contribution in [2.45, 2.75) is 56.7 Å². The van der Waals surface area contributed by atoms with Gasteiger partial charge in [0.15, 0.2) is 0 Å². The number of benzene rings is 2. The molecule has 3 rings (SSSR count). The number of aryl methyl sites for hydroxylation is 1. The second kappa shape index (κ2) is 10.7. The van der Waals surface area contributed by atoms with Crippen LogP contribution in [-0.4, -0.2) is 28.4 Å². The van der Waals surface area contributed by atoms with Crippen molar-refractivity contribution in [3.05, 3.63) is 64.7 Å². The molecule has 0 bridgehead atoms. The van der Waals surface area contributed by atoms with Crippen molar-refractivity contribution >= 4 is 34.3 Å². The molecule has 7 heteroatoms. The van der Waals surface area contributed by atoms with Crippen LogP contribution >= 0.6 is 11.8 Å². The van der Waals surface area contributed by atoms with Gasteiger partial charge >= 0.3 is 11.5 Å². The summed E-state index contributed by atoms with van der Waals surface area (Å²) in [5.74, 6) is 0.672. The molecule has 3 aromatic rings. The number of rotatable bonds is 10. The van der Waals surface area contributed by atoms with E-state index in [1.54, 1.807) is 0 Å². The topological polar surface area (TPSA) is 74.5 Å². The smallest absolute Gasteiger partial charge is 0.345 e. The van der Waals surface area contributed by atoms with Crippen molar-refractivity contribution in [1.29, 1.82) is 0 Å². The average Bonchev–Trinajstić information content (AvgIpc) is 2.76. The third-order valence-electron chi connectivity index (χ3n) is 5.26. The van der Waals surface area contributed by atoms with Crippen LogP contribution in [0.25, 0.3) is 10.9 Å². The molecule has 0 saturated heterocycles. The Bertz CT molecular complexity index is 1120. The number of anilines is 1. The first kappa shape index (κ1) is 23.9. The maximum Gasteiger partial charge on any atom is 0.345 e. The number of nitrogens with one attached hydrogen (secondary N) is 2. The fourth-order valence-electron chi connectivity index (χ4n) is 3.52. The number of thioether (sulfide) groups is 1. The number of carbonyl (C=O) groups excluding carboxylic acids is 1. The molecule has 1 aromatic heterocycles. The molecular formula is C25H32N3O3S+. The normalized spacial score (nSPS) is 11.5. The lowest BCUT2D eigenvalue weighted by molar-refractivity contribution is -0.364. The van der Waals surface area contributed by atoms with Crippen molar-refractivity contribution < 1.29 is 14.5 Å². The number of ether oxygens (including phenoxy) is 1. The summed E-state index contributed by atoms with van der Waals surface area (Å²) in [6.07, 6.45) is 1.85. The third-order valence-corrected chi connectivity index (χ3v) is 6.44. The minimum atomic E-state index is -0.624. The number of aromatic nitrogens is 2. The van der Waals surface area contributed by atoms with Crippen LogP contribution in [0.15, 0.2) is 58.2 Å². The minimum Gasteiger partial charge on any atom is -0.465 e. The van der Waals surface area contributed by atoms with E-state index in [4.69, 9.17) is 4.74 Å². The van der Waals surface area contributed by atoms with Gasteiger partial charge in [-0.25, -0.2) is 9.78 Å². The first-order valence-corrected chi connectivity index (χ1v) is 11.8. The lowest BCUT2D eigenvalue weighted by atomic mass is 10.2. The van der Waals surface area contributed by atoms with Gasteiger partial charge in [-0.05, 0) is 70.0 Å². The van der Waals surface area contributed by atoms with Crippen LogP contribution in [0, 0.1) is 6.92 Å². The summed E-state index contributed by atoms with van der Waals surface area (Å²) in [7, 11) is 0. The van der Waals surface area contributed by atoms with Crippen LogP contribution in [-0.2, 0) is 16.1 Å². The highest BCUT2D eigenvalue weighted by molar-refractivity contribution is 8.01. The molecule has 2 aromatic carbocycles. The second-order valence-corrected chi connectivity index (χ2v) is 9.90. The quantitative estimate of drug-likeness (QED) is 0.278. The summed E-state index contributed by atoms with van der Waals surface area (Å²) >= 11 is 1.50. The molecule has 0 radical (unpaired) electrons. The fraction of sp³-hybridized carbons (Fsp3) is 0.400. The number of H-pyrrole nitrogens is 1. The Morgan fingerprint density at radius 1 is 1.12 bits per heavy atom. The summed E-state index contributed by atoms with van der Waals surface area (Å²) in [4.78, 5) is 29.2. The number of fused-ring (bicyclic) bond motifs is 1. The number of hydrogen-bond donors (Lipinski definition) is 1. The van der Waals surface area contributed by atoms with E-state index in [1.165, 1.54) is 11.8 Å². The van der Waals surface area contributed by atoms with E-state index in [-0.39, 0.29) is 11.5 Å². The van der Waals surface area contributed by atoms with Crippen molar-refractivity contribution in [3.63, 3.8) is 0 Å². The van der Waals surface area contributed by atoms with E-state index in [1.807, 2.05) is 80.8 Å². The third kappa shape index (κ3) is 5.91. The number of nitrogens with zero attached hydrogens (tertiary/aromatic N) is 1. The number of esters is 1. The standard InChI is InChI=1S/C25H31N3O3S/c1-5-31-24(30)25(3,4)32-20-14-12-19(13-15-20)26-16-8-9-17-28-18(2)27-22-11-7-6-10-21(22)23(28)29/h6-7,10-15,26H,5,8-9,16-17H2,1-4H3/p+1. The van der Waals surface area contributed by atoms with Gasteiger partial charge in [-0.3, -0.25) is 4.79 Å². The maximum absolute atomic E-state index is 12.7. The molecule has 0 aliphatic rings. The lowest BCUT2D eigenvalue weighted by Gasteiger charge is -2.21. The van der Waals surface area contributed by atoms with Crippen LogP contribution in [0.3, 0.4) is 0 Å². The Labute approximate surface area is 193 Å². The Morgan fingerprint density at radius 2 is 1.84 bits per heavy atom. The lowest BCUT2D eigenvalue weighted by Crippen LogP contribution is -2.30. The van der Waals surface area contributed by atoms with Gasteiger partial charge < -0.3 is 10.1 Å². The predicted octanol–water partition coefficient (Wildman–Crippen LogP) is 4.45. The van der Waals surface area contributed by atoms with E-state index in [9.17, 15) is 9.59 Å². The van der Waals surface area contributed by atoms with Gasteiger partial charge in [-0.2, -0.15) is 4.57 Å². The van der Waals surface area contributed by atoms with Gasteiger partial charge in [0.05, 0.1) is 13.2 Å². The van der Waals surface area contributed by atoms with E-state index in [2.05, 4.69) is 10.3 Å². The number of para-hydroxylation sites is 1. The minimum absolute atomic E-state index is 0.0589. The van der Waals surface area contributed by atoms with Gasteiger partial charge in [-0.1, -0.05) is 12.1 Å². The number of aromatic amines is 1. The molecule has 32 heavy (non-hydrogen) atoms. The van der Waals surface area contributed by atoms with Crippen LogP contribution < -0.4 is 15.9 Å². The highest BCUT2D eigenvalue weighted by Gasteiger charge is 2.30. The molecule has 0 amide bonds. The van der Waals surface area contributed by atoms with Crippen molar-refractivity contribution in [2.75, 3.05) is 18.5 Å². The fourth-order valence-corrected chi connectivity index (χ4v) is 4.52. The van der Waals surface area contributed by atoms with E-state index >= 15 is 0 Å². The molecule has 0 saturated carbocycles. The zero-order chi connectivity index (χ0) is 23.1. The Hall–Kier alpha value is -2.80. The van der Waals surface area contributed by atoms with Crippen molar-refractivity contribution in [2.24, 2.45) is 0 Å². The number of unbranched alkanes of at least 4 members (excludes halogenated alkanes) is 1. The summed E-state index contributed by atoms with van der Waals surface area (Å²) < 4.78 is 6.35. The summed E-state index contributed by atoms with van der Waals surface area (Å²) in [6, 6.07) is 15.7. The first-order chi connectivity index (χ1) is 15.3. The number of carbonyl (C=O) groups is 1. The largest absolute Gasteiger partial charge is 0.465 e. The molecule has 0 fully saturated rings. The summed E-state index contributed by atoms with van der Waals surface area (Å²) in [5.41, 5.74) is 1.97. The molecule has 170 valence electrons. The van der Waals surface area contributed by atoms with Gasteiger partial charge in [0.2, 0.25) is 0 Å². The van der Waals surface area contributed by atoms with Gasteiger partial charge in [0, 0.05) is 24.1 Å². The molecular weight excluding hydrogens is 422 g/mol. The van der Waals surface area contributed by atoms with Crippen molar-refractivity contribution in [3.8, 4) is 0 Å². The van der Waals surface area contributed by atoms with E-state index in [0.717, 1.165) is 46.7 Å². The van der Waals surface area contributed by atoms with Crippen molar-refractivity contribution in [1.82, 2.24) is 4.57 Å². The zero-order valence-corrected chi connectivity index (χ0v) is 20.1. The molecule has 0 unspecified atom stereocenters. The molecule has 0 atom stereocenters. The van der Waals surface area contributed by atoms with Gasteiger partial charge in [-0.15, -0.1) is 11.8 Å². The highest BCUT2D eigenvalue weighted by Crippen LogP contribution is 2.34.